The predicted molar refractivity (Wildman–Crippen MR) is 80.8 cm³/mol. The number of hydrogen-bond acceptors (Lipinski definition) is 3. The summed E-state index contributed by atoms with van der Waals surface area (Å²) in [7, 11) is 0. The monoisotopic (exact) mass is 276 g/mol. The molecule has 1 aromatic rings. The number of carbonyl (C=O) groups excluding carboxylic acids is 1. The van der Waals surface area contributed by atoms with Gasteiger partial charge in [0, 0.05) is 18.2 Å². The Hall–Kier alpha value is -1.55. The lowest BCUT2D eigenvalue weighted by molar-refractivity contribution is -0.116. The van der Waals surface area contributed by atoms with Gasteiger partial charge in [-0.2, -0.15) is 0 Å². The van der Waals surface area contributed by atoms with Crippen molar-refractivity contribution in [3.63, 3.8) is 0 Å². The number of amides is 1. The number of carbonyl (C=O) groups is 1. The molecule has 0 spiro atoms. The van der Waals surface area contributed by atoms with Crippen molar-refractivity contribution in [3.8, 4) is 5.75 Å². The maximum absolute atomic E-state index is 11.7. The highest BCUT2D eigenvalue weighted by Crippen LogP contribution is 2.25. The highest BCUT2D eigenvalue weighted by Gasteiger charge is 2.16. The maximum atomic E-state index is 11.7. The van der Waals surface area contributed by atoms with Crippen molar-refractivity contribution in [1.29, 1.82) is 0 Å². The van der Waals surface area contributed by atoms with Gasteiger partial charge >= 0.3 is 0 Å². The molecule has 0 saturated heterocycles. The van der Waals surface area contributed by atoms with E-state index >= 15 is 0 Å². The molecule has 1 saturated carbocycles. The number of benzene rings is 1. The van der Waals surface area contributed by atoms with Crippen LogP contribution in [0, 0.1) is 0 Å². The minimum Gasteiger partial charge on any atom is -0.490 e. The Balaban J connectivity index is 1.83. The molecule has 1 aromatic carbocycles. The lowest BCUT2D eigenvalue weighted by Gasteiger charge is -2.14. The smallest absolute Gasteiger partial charge is 0.225 e. The van der Waals surface area contributed by atoms with Crippen molar-refractivity contribution in [2.24, 2.45) is 5.73 Å². The third kappa shape index (κ3) is 4.53. The Kier molecular flexibility index (Phi) is 5.41. The van der Waals surface area contributed by atoms with Crippen LogP contribution in [0.5, 0.6) is 5.75 Å². The van der Waals surface area contributed by atoms with Gasteiger partial charge in [-0.3, -0.25) is 4.79 Å². The molecular formula is C16H24N2O2. The highest BCUT2D eigenvalue weighted by atomic mass is 16.5. The number of ether oxygens (including phenoxy) is 1. The predicted octanol–water partition coefficient (Wildman–Crippen LogP) is 3.07. The van der Waals surface area contributed by atoms with Gasteiger partial charge in [0.1, 0.15) is 5.75 Å². The first-order valence-electron chi connectivity index (χ1n) is 7.49. The Labute approximate surface area is 120 Å². The van der Waals surface area contributed by atoms with Crippen LogP contribution in [0.4, 0.5) is 5.69 Å². The molecule has 0 heterocycles. The largest absolute Gasteiger partial charge is 0.490 e. The third-order valence-corrected chi connectivity index (χ3v) is 3.71. The molecule has 0 bridgehead atoms. The maximum Gasteiger partial charge on any atom is 0.225 e. The second-order valence-electron chi connectivity index (χ2n) is 5.47. The van der Waals surface area contributed by atoms with E-state index in [9.17, 15) is 4.79 Å². The van der Waals surface area contributed by atoms with E-state index in [-0.39, 0.29) is 11.9 Å². The van der Waals surface area contributed by atoms with Crippen LogP contribution in [0.3, 0.4) is 0 Å². The van der Waals surface area contributed by atoms with Gasteiger partial charge in [-0.15, -0.1) is 0 Å². The molecule has 1 aliphatic rings. The molecule has 0 aromatic heterocycles. The van der Waals surface area contributed by atoms with Gasteiger partial charge in [0.25, 0.3) is 0 Å². The van der Waals surface area contributed by atoms with Crippen molar-refractivity contribution >= 4 is 11.6 Å². The zero-order valence-electron chi connectivity index (χ0n) is 12.1. The Morgan fingerprint density at radius 1 is 1.35 bits per heavy atom. The molecule has 110 valence electrons. The second kappa shape index (κ2) is 7.29. The molecule has 4 nitrogen and oxygen atoms in total. The molecule has 3 N–H and O–H groups in total. The van der Waals surface area contributed by atoms with Crippen LogP contribution in [0.1, 0.15) is 45.4 Å². The van der Waals surface area contributed by atoms with Gasteiger partial charge in [-0.05, 0) is 56.4 Å². The summed E-state index contributed by atoms with van der Waals surface area (Å²) in [5, 5.41) is 2.85. The molecule has 0 aliphatic heterocycles. The molecule has 2 rings (SSSR count). The van der Waals surface area contributed by atoms with Gasteiger partial charge in [0.15, 0.2) is 0 Å². The molecule has 1 amide bonds. The van der Waals surface area contributed by atoms with E-state index in [1.54, 1.807) is 0 Å². The van der Waals surface area contributed by atoms with Gasteiger partial charge in [-0.1, -0.05) is 6.92 Å². The minimum atomic E-state index is -0.0695. The molecule has 1 fully saturated rings. The fourth-order valence-electron chi connectivity index (χ4n) is 2.41. The highest BCUT2D eigenvalue weighted by molar-refractivity contribution is 5.91. The van der Waals surface area contributed by atoms with Gasteiger partial charge in [0.2, 0.25) is 5.91 Å². The topological polar surface area (TPSA) is 64.4 Å². The number of anilines is 1. The quantitative estimate of drug-likeness (QED) is 0.839. The van der Waals surface area contributed by atoms with E-state index in [0.717, 1.165) is 30.7 Å². The Morgan fingerprint density at radius 3 is 2.60 bits per heavy atom. The van der Waals surface area contributed by atoms with Crippen LogP contribution >= 0.6 is 0 Å². The van der Waals surface area contributed by atoms with E-state index in [4.69, 9.17) is 10.5 Å². The van der Waals surface area contributed by atoms with Crippen LogP contribution in [0.25, 0.3) is 0 Å². The van der Waals surface area contributed by atoms with Crippen LogP contribution in [0.15, 0.2) is 24.3 Å². The summed E-state index contributed by atoms with van der Waals surface area (Å²) < 4.78 is 5.88. The lowest BCUT2D eigenvalue weighted by atomic mass is 10.1. The fourth-order valence-corrected chi connectivity index (χ4v) is 2.41. The van der Waals surface area contributed by atoms with Crippen LogP contribution < -0.4 is 15.8 Å². The van der Waals surface area contributed by atoms with E-state index in [1.807, 2.05) is 31.2 Å². The third-order valence-electron chi connectivity index (χ3n) is 3.71. The van der Waals surface area contributed by atoms with Gasteiger partial charge in [-0.25, -0.2) is 0 Å². The van der Waals surface area contributed by atoms with Crippen molar-refractivity contribution in [2.75, 3.05) is 5.32 Å². The van der Waals surface area contributed by atoms with Crippen LogP contribution in [-0.2, 0) is 4.79 Å². The molecule has 1 aliphatic carbocycles. The first kappa shape index (κ1) is 14.9. The Bertz CT molecular complexity index is 425. The zero-order chi connectivity index (χ0) is 14.4. The zero-order valence-corrected chi connectivity index (χ0v) is 12.1. The molecular weight excluding hydrogens is 252 g/mol. The van der Waals surface area contributed by atoms with E-state index in [2.05, 4.69) is 5.32 Å². The molecule has 0 radical (unpaired) electrons. The molecule has 4 heteroatoms. The van der Waals surface area contributed by atoms with Crippen LogP contribution in [-0.4, -0.2) is 18.1 Å². The first-order valence-corrected chi connectivity index (χ1v) is 7.49. The standard InChI is InChI=1S/C16H24N2O2/c1-2-12(17)11-16(19)18-13-7-9-15(10-8-13)20-14-5-3-4-6-14/h7-10,12,14H,2-6,11,17H2,1H3,(H,18,19). The average Bonchev–Trinajstić information content (AvgIpc) is 2.93. The van der Waals surface area contributed by atoms with Crippen molar-refractivity contribution in [1.82, 2.24) is 0 Å². The average molecular weight is 276 g/mol. The SMILES string of the molecule is CCC(N)CC(=O)Nc1ccc(OC2CCCC2)cc1. The van der Waals surface area contributed by atoms with E-state index in [0.29, 0.717) is 12.5 Å². The van der Waals surface area contributed by atoms with E-state index < -0.39 is 0 Å². The van der Waals surface area contributed by atoms with Crippen LogP contribution in [0.2, 0.25) is 0 Å². The molecule has 1 atom stereocenters. The van der Waals surface area contributed by atoms with E-state index in [1.165, 1.54) is 12.8 Å². The summed E-state index contributed by atoms with van der Waals surface area (Å²) in [6.07, 6.45) is 6.34. The summed E-state index contributed by atoms with van der Waals surface area (Å²) in [4.78, 5) is 11.7. The number of hydrogen-bond donors (Lipinski definition) is 2. The second-order valence-corrected chi connectivity index (χ2v) is 5.47. The summed E-state index contributed by atoms with van der Waals surface area (Å²) in [6, 6.07) is 7.50. The molecule has 1 unspecified atom stereocenters. The van der Waals surface area contributed by atoms with Gasteiger partial charge < -0.3 is 15.8 Å². The summed E-state index contributed by atoms with van der Waals surface area (Å²) in [5.74, 6) is 0.837. The summed E-state index contributed by atoms with van der Waals surface area (Å²) in [6.45, 7) is 1.98. The van der Waals surface area contributed by atoms with Crippen molar-refractivity contribution < 1.29 is 9.53 Å². The lowest BCUT2D eigenvalue weighted by Crippen LogP contribution is -2.26. The first-order chi connectivity index (χ1) is 9.67. The fraction of sp³-hybridized carbons (Fsp3) is 0.562. The summed E-state index contributed by atoms with van der Waals surface area (Å²) >= 11 is 0. The number of nitrogens with one attached hydrogen (secondary N) is 1. The normalized spacial score (nSPS) is 16.9. The number of rotatable bonds is 6. The summed E-state index contributed by atoms with van der Waals surface area (Å²) in [5.41, 5.74) is 6.55. The number of nitrogens with two attached hydrogens (primary N) is 1. The molecule has 20 heavy (non-hydrogen) atoms. The van der Waals surface area contributed by atoms with Crippen molar-refractivity contribution in [2.45, 2.75) is 57.6 Å². The van der Waals surface area contributed by atoms with Gasteiger partial charge in [0.05, 0.1) is 6.10 Å². The minimum absolute atomic E-state index is 0.0381. The van der Waals surface area contributed by atoms with Crippen molar-refractivity contribution in [3.05, 3.63) is 24.3 Å². The Morgan fingerprint density at radius 2 is 2.00 bits per heavy atom.